The third-order valence-corrected chi connectivity index (χ3v) is 5.17. The lowest BCUT2D eigenvalue weighted by Crippen LogP contribution is -2.41. The molecule has 13 heteroatoms. The topological polar surface area (TPSA) is 96.6 Å². The summed E-state index contributed by atoms with van der Waals surface area (Å²) < 4.78 is 64.1. The van der Waals surface area contributed by atoms with E-state index in [9.17, 15) is 36.7 Å². The third-order valence-electron chi connectivity index (χ3n) is 4.28. The van der Waals surface area contributed by atoms with Crippen molar-refractivity contribution in [2.75, 3.05) is 6.61 Å². The maximum absolute atomic E-state index is 14.6. The van der Waals surface area contributed by atoms with E-state index >= 15 is 0 Å². The Morgan fingerprint density at radius 3 is 2.33 bits per heavy atom. The Labute approximate surface area is 197 Å². The Morgan fingerprint density at radius 2 is 1.79 bits per heavy atom. The molecule has 0 amide bonds. The van der Waals surface area contributed by atoms with Crippen LogP contribution in [-0.2, 0) is 27.5 Å². The fourth-order valence-electron chi connectivity index (χ4n) is 2.62. The van der Waals surface area contributed by atoms with E-state index in [1.165, 1.54) is 19.9 Å². The maximum Gasteiger partial charge on any atom is 0.431 e. The van der Waals surface area contributed by atoms with E-state index in [0.29, 0.717) is 0 Å². The number of ether oxygens (including phenoxy) is 2. The highest BCUT2D eigenvalue weighted by Gasteiger charge is 2.36. The molecule has 1 heterocycles. The van der Waals surface area contributed by atoms with Crippen LogP contribution < -0.4 is 11.2 Å². The Hall–Kier alpha value is -2.97. The minimum Gasteiger partial charge on any atom is -0.459 e. The summed E-state index contributed by atoms with van der Waals surface area (Å²) in [7, 11) is 0.762. The number of hydrogen-bond acceptors (Lipinski definition) is 6. The number of alkyl halides is 3. The lowest BCUT2D eigenvalue weighted by atomic mass is 10.1. The molecule has 0 aliphatic rings. The molecule has 0 atom stereocenters. The lowest BCUT2D eigenvalue weighted by Gasteiger charge is -2.23. The first-order chi connectivity index (χ1) is 15.1. The van der Waals surface area contributed by atoms with E-state index in [4.69, 9.17) is 9.47 Å². The van der Waals surface area contributed by atoms with Gasteiger partial charge in [0.15, 0.2) is 0 Å². The van der Waals surface area contributed by atoms with Gasteiger partial charge in [0.25, 0.3) is 5.56 Å². The first-order valence-corrected chi connectivity index (χ1v) is 10.1. The molecule has 8 nitrogen and oxygen atoms in total. The number of esters is 2. The average Bonchev–Trinajstić information content (AvgIpc) is 2.68. The van der Waals surface area contributed by atoms with Crippen LogP contribution in [0.5, 0.6) is 0 Å². The summed E-state index contributed by atoms with van der Waals surface area (Å²) >= 11 is 1.58. The molecule has 33 heavy (non-hydrogen) atoms. The second-order valence-corrected chi connectivity index (χ2v) is 8.28. The van der Waals surface area contributed by atoms with Crippen molar-refractivity contribution < 1.29 is 36.6 Å². The van der Waals surface area contributed by atoms with Gasteiger partial charge in [-0.25, -0.2) is 23.3 Å². The highest BCUT2D eigenvalue weighted by atomic mass is 127. The van der Waals surface area contributed by atoms with Gasteiger partial charge in [-0.2, -0.15) is 13.2 Å². The first-order valence-electron chi connectivity index (χ1n) is 9.03. The number of hydrogen-bond donors (Lipinski definition) is 0. The predicted molar refractivity (Wildman–Crippen MR) is 116 cm³/mol. The van der Waals surface area contributed by atoms with Crippen molar-refractivity contribution in [3.05, 3.63) is 72.3 Å². The number of carbonyl (C=O) groups is 2. The van der Waals surface area contributed by atoms with Crippen LogP contribution in [0.3, 0.4) is 0 Å². The predicted octanol–water partition coefficient (Wildman–Crippen LogP) is 2.96. The number of nitrogens with zero attached hydrogens (tertiary/aromatic N) is 2. The first kappa shape index (κ1) is 26.3. The SMILES string of the molecule is C=CCOC(=O)C(C)(C)OC(=O)c1cc(-n2c(=O)cc(C(F)(F)F)n(C)c2=O)c(F)cc1I. The average molecular weight is 584 g/mol. The van der Waals surface area contributed by atoms with E-state index in [0.717, 1.165) is 19.2 Å². The van der Waals surface area contributed by atoms with Crippen molar-refractivity contribution in [3.8, 4) is 5.69 Å². The quantitative estimate of drug-likeness (QED) is 0.224. The Kier molecular flexibility index (Phi) is 7.56. The van der Waals surface area contributed by atoms with E-state index in [2.05, 4.69) is 6.58 Å². The summed E-state index contributed by atoms with van der Waals surface area (Å²) in [5.74, 6) is -3.18. The molecule has 0 aliphatic carbocycles. The molecule has 0 saturated carbocycles. The van der Waals surface area contributed by atoms with Gasteiger partial charge < -0.3 is 9.47 Å². The highest BCUT2D eigenvalue weighted by Crippen LogP contribution is 2.27. The van der Waals surface area contributed by atoms with Gasteiger partial charge in [-0.05, 0) is 48.6 Å². The summed E-state index contributed by atoms with van der Waals surface area (Å²) in [6.07, 6.45) is -3.70. The molecule has 0 aliphatic heterocycles. The van der Waals surface area contributed by atoms with Crippen LogP contribution >= 0.6 is 22.6 Å². The third kappa shape index (κ3) is 5.51. The van der Waals surface area contributed by atoms with Gasteiger partial charge in [0, 0.05) is 16.7 Å². The Morgan fingerprint density at radius 1 is 1.18 bits per heavy atom. The molecule has 0 radical (unpaired) electrons. The van der Waals surface area contributed by atoms with Gasteiger partial charge in [-0.3, -0.25) is 9.36 Å². The molecule has 2 aromatic rings. The molecule has 0 spiro atoms. The monoisotopic (exact) mass is 584 g/mol. The van der Waals surface area contributed by atoms with E-state index < -0.39 is 52.2 Å². The van der Waals surface area contributed by atoms with Gasteiger partial charge in [-0.15, -0.1) is 0 Å². The van der Waals surface area contributed by atoms with Crippen molar-refractivity contribution in [3.63, 3.8) is 0 Å². The molecule has 1 aromatic carbocycles. The summed E-state index contributed by atoms with van der Waals surface area (Å²) in [5, 5.41) is 0. The van der Waals surface area contributed by atoms with E-state index in [1.54, 1.807) is 22.6 Å². The number of aromatic nitrogens is 2. The summed E-state index contributed by atoms with van der Waals surface area (Å²) in [6.45, 7) is 5.72. The molecule has 2 rings (SSSR count). The summed E-state index contributed by atoms with van der Waals surface area (Å²) in [4.78, 5) is 49.5. The zero-order chi connectivity index (χ0) is 25.3. The molecule has 0 bridgehead atoms. The molecular weight excluding hydrogens is 567 g/mol. The van der Waals surface area contributed by atoms with Crippen molar-refractivity contribution in [1.29, 1.82) is 0 Å². The van der Waals surface area contributed by atoms with Crippen molar-refractivity contribution >= 4 is 34.5 Å². The van der Waals surface area contributed by atoms with Crippen molar-refractivity contribution in [2.24, 2.45) is 7.05 Å². The molecule has 0 N–H and O–H groups in total. The van der Waals surface area contributed by atoms with Crippen LogP contribution in [0, 0.1) is 9.39 Å². The Bertz CT molecular complexity index is 1250. The van der Waals surface area contributed by atoms with Crippen LogP contribution in [0.15, 0.2) is 40.4 Å². The molecule has 1 aromatic heterocycles. The minimum atomic E-state index is -5.00. The second-order valence-electron chi connectivity index (χ2n) is 7.11. The van der Waals surface area contributed by atoms with Crippen molar-refractivity contribution in [1.82, 2.24) is 9.13 Å². The smallest absolute Gasteiger partial charge is 0.431 e. The second kappa shape index (κ2) is 9.49. The highest BCUT2D eigenvalue weighted by molar-refractivity contribution is 14.1. The number of rotatable bonds is 6. The zero-order valence-corrected chi connectivity index (χ0v) is 19.6. The number of halogens is 5. The minimum absolute atomic E-state index is 0.00843. The van der Waals surface area contributed by atoms with Gasteiger partial charge in [-0.1, -0.05) is 12.7 Å². The van der Waals surface area contributed by atoms with Crippen LogP contribution in [0.1, 0.15) is 29.9 Å². The van der Waals surface area contributed by atoms with Crippen LogP contribution in [0.4, 0.5) is 17.6 Å². The molecule has 0 saturated heterocycles. The van der Waals surface area contributed by atoms with Crippen LogP contribution in [0.2, 0.25) is 0 Å². The fraction of sp³-hybridized carbons (Fsp3) is 0.300. The molecule has 0 unspecified atom stereocenters. The van der Waals surface area contributed by atoms with E-state index in [1.807, 2.05) is 0 Å². The lowest BCUT2D eigenvalue weighted by molar-refractivity contribution is -0.161. The number of carbonyl (C=O) groups excluding carboxylic acids is 2. The summed E-state index contributed by atoms with van der Waals surface area (Å²) in [6, 6.07) is 1.70. The molecule has 178 valence electrons. The van der Waals surface area contributed by atoms with Crippen LogP contribution in [0.25, 0.3) is 5.69 Å². The van der Waals surface area contributed by atoms with Crippen molar-refractivity contribution in [2.45, 2.75) is 25.6 Å². The van der Waals surface area contributed by atoms with Gasteiger partial charge >= 0.3 is 23.8 Å². The van der Waals surface area contributed by atoms with Crippen LogP contribution in [-0.4, -0.2) is 33.3 Å². The maximum atomic E-state index is 14.6. The molecule has 0 fully saturated rings. The van der Waals surface area contributed by atoms with Gasteiger partial charge in [0.2, 0.25) is 5.60 Å². The summed E-state index contributed by atoms with van der Waals surface area (Å²) in [5.41, 5.74) is -7.35. The van der Waals surface area contributed by atoms with Gasteiger partial charge in [0.05, 0.1) is 11.3 Å². The largest absolute Gasteiger partial charge is 0.459 e. The van der Waals surface area contributed by atoms with Gasteiger partial charge in [0.1, 0.15) is 18.1 Å². The fourth-order valence-corrected chi connectivity index (χ4v) is 3.27. The molecular formula is C20H17F4IN2O6. The normalized spacial score (nSPS) is 11.8. The number of benzene rings is 1. The van der Waals surface area contributed by atoms with E-state index in [-0.39, 0.29) is 30.9 Å². The standard InChI is InChI=1S/C20H17F4IN2O6/c1-5-6-32-17(30)19(2,3)33-16(29)10-7-13(11(21)8-12(10)25)27-15(28)9-14(20(22,23)24)26(4)18(27)31/h5,7-9H,1,6H2,2-4H3. The Balaban J connectivity index is 2.59. The zero-order valence-electron chi connectivity index (χ0n) is 17.5.